The van der Waals surface area contributed by atoms with Crippen molar-refractivity contribution < 1.29 is 13.2 Å². The van der Waals surface area contributed by atoms with Gasteiger partial charge in [0.2, 0.25) is 5.91 Å². The van der Waals surface area contributed by atoms with Gasteiger partial charge in [-0.2, -0.15) is 17.9 Å². The van der Waals surface area contributed by atoms with Gasteiger partial charge in [0.15, 0.2) is 0 Å². The second kappa shape index (κ2) is 7.53. The van der Waals surface area contributed by atoms with Crippen molar-refractivity contribution in [3.05, 3.63) is 35.9 Å². The summed E-state index contributed by atoms with van der Waals surface area (Å²) in [5.74, 6) is -0.384. The fourth-order valence-electron chi connectivity index (χ4n) is 1.79. The molecule has 3 N–H and O–H groups in total. The van der Waals surface area contributed by atoms with E-state index in [2.05, 4.69) is 14.8 Å². The van der Waals surface area contributed by atoms with Crippen LogP contribution in [0, 0.1) is 0 Å². The SMILES string of the molecule is CC(C)NC(=O)C(NS(=O)(=O)NC(C)C)c1ccccc1. The van der Waals surface area contributed by atoms with Gasteiger partial charge in [-0.15, -0.1) is 0 Å². The molecule has 0 radical (unpaired) electrons. The van der Waals surface area contributed by atoms with E-state index in [4.69, 9.17) is 0 Å². The van der Waals surface area contributed by atoms with Crippen molar-refractivity contribution >= 4 is 16.1 Å². The molecule has 0 heterocycles. The summed E-state index contributed by atoms with van der Waals surface area (Å²) in [5, 5.41) is 2.72. The van der Waals surface area contributed by atoms with Crippen LogP contribution in [0.25, 0.3) is 0 Å². The summed E-state index contributed by atoms with van der Waals surface area (Å²) in [4.78, 5) is 12.3. The predicted octanol–water partition coefficient (Wildman–Crippen LogP) is 1.08. The van der Waals surface area contributed by atoms with E-state index in [1.54, 1.807) is 38.1 Å². The summed E-state index contributed by atoms with van der Waals surface area (Å²) in [6.07, 6.45) is 0. The molecule has 1 unspecified atom stereocenters. The summed E-state index contributed by atoms with van der Waals surface area (Å²) in [5.41, 5.74) is 0.588. The first-order chi connectivity index (χ1) is 9.71. The summed E-state index contributed by atoms with van der Waals surface area (Å²) in [6, 6.07) is 7.44. The molecule has 0 saturated carbocycles. The van der Waals surface area contributed by atoms with Gasteiger partial charge in [0.1, 0.15) is 6.04 Å². The fraction of sp³-hybridized carbons (Fsp3) is 0.500. The highest BCUT2D eigenvalue weighted by atomic mass is 32.2. The van der Waals surface area contributed by atoms with Crippen molar-refractivity contribution in [1.29, 1.82) is 0 Å². The van der Waals surface area contributed by atoms with E-state index in [1.807, 2.05) is 19.9 Å². The lowest BCUT2D eigenvalue weighted by Gasteiger charge is -2.21. The standard InChI is InChI=1S/C14H23N3O3S/c1-10(2)15-14(18)13(12-8-6-5-7-9-12)17-21(19,20)16-11(3)4/h5-11,13,16-17H,1-4H3,(H,15,18). The van der Waals surface area contributed by atoms with Gasteiger partial charge in [0.05, 0.1) is 0 Å². The van der Waals surface area contributed by atoms with E-state index in [-0.39, 0.29) is 18.0 Å². The molecule has 0 aliphatic rings. The lowest BCUT2D eigenvalue weighted by molar-refractivity contribution is -0.123. The number of hydrogen-bond acceptors (Lipinski definition) is 3. The van der Waals surface area contributed by atoms with E-state index in [0.29, 0.717) is 5.56 Å². The maximum atomic E-state index is 12.3. The highest BCUT2D eigenvalue weighted by Crippen LogP contribution is 2.14. The molecular formula is C14H23N3O3S. The normalized spacial score (nSPS) is 13.4. The molecule has 6 nitrogen and oxygen atoms in total. The highest BCUT2D eigenvalue weighted by Gasteiger charge is 2.26. The summed E-state index contributed by atoms with van der Waals surface area (Å²) in [6.45, 7) is 7.07. The number of rotatable bonds is 7. The van der Waals surface area contributed by atoms with Crippen LogP contribution in [0.5, 0.6) is 0 Å². The number of benzene rings is 1. The molecular weight excluding hydrogens is 290 g/mol. The Kier molecular flexibility index (Phi) is 6.32. The van der Waals surface area contributed by atoms with Crippen molar-refractivity contribution in [1.82, 2.24) is 14.8 Å². The van der Waals surface area contributed by atoms with Crippen molar-refractivity contribution in [2.24, 2.45) is 0 Å². The second-order valence-electron chi connectivity index (χ2n) is 5.40. The molecule has 0 aliphatic heterocycles. The first-order valence-corrected chi connectivity index (χ1v) is 8.34. The molecule has 1 amide bonds. The van der Waals surface area contributed by atoms with E-state index in [1.165, 1.54) is 0 Å². The van der Waals surface area contributed by atoms with Gasteiger partial charge >= 0.3 is 0 Å². The van der Waals surface area contributed by atoms with Crippen molar-refractivity contribution in [2.75, 3.05) is 0 Å². The Hall–Kier alpha value is -1.44. The monoisotopic (exact) mass is 313 g/mol. The minimum Gasteiger partial charge on any atom is -0.352 e. The van der Waals surface area contributed by atoms with Gasteiger partial charge in [-0.25, -0.2) is 0 Å². The molecule has 1 aromatic rings. The number of carbonyl (C=O) groups is 1. The van der Waals surface area contributed by atoms with Crippen LogP contribution in [-0.4, -0.2) is 26.4 Å². The molecule has 0 aromatic heterocycles. The fourth-order valence-corrected chi connectivity index (χ4v) is 3.03. The summed E-state index contributed by atoms with van der Waals surface area (Å²) < 4.78 is 28.8. The predicted molar refractivity (Wildman–Crippen MR) is 82.8 cm³/mol. The molecule has 0 spiro atoms. The van der Waals surface area contributed by atoms with Gasteiger partial charge in [-0.3, -0.25) is 4.79 Å². The maximum Gasteiger partial charge on any atom is 0.278 e. The quantitative estimate of drug-likeness (QED) is 0.704. The number of hydrogen-bond donors (Lipinski definition) is 3. The van der Waals surface area contributed by atoms with E-state index < -0.39 is 16.3 Å². The van der Waals surface area contributed by atoms with Crippen molar-refractivity contribution in [2.45, 2.75) is 45.8 Å². The Morgan fingerprint density at radius 3 is 2.00 bits per heavy atom. The van der Waals surface area contributed by atoms with Gasteiger partial charge in [-0.05, 0) is 33.3 Å². The third kappa shape index (κ3) is 6.24. The van der Waals surface area contributed by atoms with Gasteiger partial charge in [-0.1, -0.05) is 30.3 Å². The summed E-state index contributed by atoms with van der Waals surface area (Å²) in [7, 11) is -3.77. The summed E-state index contributed by atoms with van der Waals surface area (Å²) >= 11 is 0. The van der Waals surface area contributed by atoms with Crippen LogP contribution in [-0.2, 0) is 15.0 Å². The second-order valence-corrected chi connectivity index (χ2v) is 6.88. The Labute approximate surface area is 126 Å². The lowest BCUT2D eigenvalue weighted by atomic mass is 10.1. The maximum absolute atomic E-state index is 12.3. The zero-order valence-corrected chi connectivity index (χ0v) is 13.6. The van der Waals surface area contributed by atoms with Crippen molar-refractivity contribution in [3.63, 3.8) is 0 Å². The molecule has 21 heavy (non-hydrogen) atoms. The van der Waals surface area contributed by atoms with Crippen LogP contribution in [0.4, 0.5) is 0 Å². The molecule has 7 heteroatoms. The smallest absolute Gasteiger partial charge is 0.278 e. The minimum atomic E-state index is -3.77. The molecule has 0 saturated heterocycles. The van der Waals surface area contributed by atoms with E-state index in [0.717, 1.165) is 0 Å². The van der Waals surface area contributed by atoms with Gasteiger partial charge < -0.3 is 5.32 Å². The Morgan fingerprint density at radius 1 is 0.952 bits per heavy atom. The van der Waals surface area contributed by atoms with Crippen LogP contribution in [0.3, 0.4) is 0 Å². The molecule has 1 aromatic carbocycles. The van der Waals surface area contributed by atoms with Crippen LogP contribution >= 0.6 is 0 Å². The molecule has 118 valence electrons. The van der Waals surface area contributed by atoms with Crippen LogP contribution in [0.1, 0.15) is 39.3 Å². The minimum absolute atomic E-state index is 0.0775. The average Bonchev–Trinajstić information content (AvgIpc) is 2.34. The third-order valence-electron chi connectivity index (χ3n) is 2.49. The van der Waals surface area contributed by atoms with Crippen LogP contribution < -0.4 is 14.8 Å². The first kappa shape index (κ1) is 17.6. The number of carbonyl (C=O) groups excluding carboxylic acids is 1. The largest absolute Gasteiger partial charge is 0.352 e. The third-order valence-corrected chi connectivity index (χ3v) is 3.82. The highest BCUT2D eigenvalue weighted by molar-refractivity contribution is 7.87. The van der Waals surface area contributed by atoms with Crippen LogP contribution in [0.15, 0.2) is 30.3 Å². The van der Waals surface area contributed by atoms with Gasteiger partial charge in [0.25, 0.3) is 10.2 Å². The van der Waals surface area contributed by atoms with E-state index in [9.17, 15) is 13.2 Å². The zero-order valence-electron chi connectivity index (χ0n) is 12.8. The number of amides is 1. The molecule has 0 aliphatic carbocycles. The topological polar surface area (TPSA) is 87.3 Å². The van der Waals surface area contributed by atoms with E-state index >= 15 is 0 Å². The molecule has 1 rings (SSSR count). The lowest BCUT2D eigenvalue weighted by Crippen LogP contribution is -2.47. The average molecular weight is 313 g/mol. The first-order valence-electron chi connectivity index (χ1n) is 6.86. The molecule has 0 fully saturated rings. The Balaban J connectivity index is 3.01. The zero-order chi connectivity index (χ0) is 16.0. The Bertz CT molecular complexity index is 556. The molecule has 0 bridgehead atoms. The van der Waals surface area contributed by atoms with Crippen LogP contribution in [0.2, 0.25) is 0 Å². The Morgan fingerprint density at radius 2 is 1.52 bits per heavy atom. The van der Waals surface area contributed by atoms with Crippen molar-refractivity contribution in [3.8, 4) is 0 Å². The number of nitrogens with one attached hydrogen (secondary N) is 3. The van der Waals surface area contributed by atoms with Gasteiger partial charge in [0, 0.05) is 12.1 Å². The molecule has 1 atom stereocenters.